The molecule has 0 heterocycles. The molecular weight excluding hydrogens is 404 g/mol. The third-order valence-electron chi connectivity index (χ3n) is 5.12. The first-order valence-electron chi connectivity index (χ1n) is 9.21. The predicted molar refractivity (Wildman–Crippen MR) is 105 cm³/mol. The van der Waals surface area contributed by atoms with Gasteiger partial charge in [-0.25, -0.2) is 4.39 Å². The van der Waals surface area contributed by atoms with Crippen LogP contribution in [-0.2, 0) is 11.8 Å². The van der Waals surface area contributed by atoms with Gasteiger partial charge in [0.15, 0.2) is 17.1 Å². The van der Waals surface area contributed by atoms with Gasteiger partial charge >= 0.3 is 6.18 Å². The Kier molecular flexibility index (Phi) is 6.91. The van der Waals surface area contributed by atoms with E-state index < -0.39 is 35.9 Å². The molecule has 0 aliphatic heterocycles. The maximum atomic E-state index is 14.1. The molecule has 1 unspecified atom stereocenters. The fraction of sp³-hybridized carbons (Fsp3) is 0.455. The SMILES string of the molecule is COc1ccc(F)cc1C(C)(C)CC(O)(Cc1cccc(OC)c1OC)C(F)(F)F. The number of halogens is 4. The van der Waals surface area contributed by atoms with Crippen molar-refractivity contribution in [3.8, 4) is 17.2 Å². The zero-order valence-electron chi connectivity index (χ0n) is 17.6. The summed E-state index contributed by atoms with van der Waals surface area (Å²) in [5.41, 5.74) is -4.03. The highest BCUT2D eigenvalue weighted by Gasteiger charge is 2.56. The molecule has 2 aromatic rings. The molecule has 1 atom stereocenters. The molecular formula is C22H26F4O4. The van der Waals surface area contributed by atoms with Crippen LogP contribution in [0.1, 0.15) is 31.4 Å². The van der Waals surface area contributed by atoms with Crippen molar-refractivity contribution in [2.24, 2.45) is 0 Å². The van der Waals surface area contributed by atoms with Gasteiger partial charge in [0.25, 0.3) is 0 Å². The summed E-state index contributed by atoms with van der Waals surface area (Å²) in [6.45, 7) is 3.01. The van der Waals surface area contributed by atoms with E-state index in [0.717, 1.165) is 12.1 Å². The maximum absolute atomic E-state index is 14.1. The van der Waals surface area contributed by atoms with E-state index in [-0.39, 0.29) is 28.4 Å². The van der Waals surface area contributed by atoms with Gasteiger partial charge in [-0.3, -0.25) is 0 Å². The number of benzene rings is 2. The molecule has 0 bridgehead atoms. The minimum Gasteiger partial charge on any atom is -0.496 e. The van der Waals surface area contributed by atoms with Crippen LogP contribution in [0.25, 0.3) is 0 Å². The van der Waals surface area contributed by atoms with Crippen molar-refractivity contribution in [1.29, 1.82) is 0 Å². The lowest BCUT2D eigenvalue weighted by atomic mass is 9.72. The van der Waals surface area contributed by atoms with Gasteiger partial charge in [-0.05, 0) is 36.1 Å². The first-order chi connectivity index (χ1) is 13.9. The van der Waals surface area contributed by atoms with E-state index in [0.29, 0.717) is 0 Å². The van der Waals surface area contributed by atoms with Crippen LogP contribution in [0.5, 0.6) is 17.2 Å². The number of para-hydroxylation sites is 1. The summed E-state index contributed by atoms with van der Waals surface area (Å²) in [5, 5.41) is 10.9. The standard InChI is InChI=1S/C22H26F4O4/c1-20(2,16-11-15(23)9-10-17(16)28-3)13-21(27,22(24,25)26)12-14-7-6-8-18(29-4)19(14)30-5/h6-11,27H,12-13H2,1-5H3. The molecule has 1 N–H and O–H groups in total. The highest BCUT2D eigenvalue weighted by molar-refractivity contribution is 5.47. The summed E-state index contributed by atoms with van der Waals surface area (Å²) >= 11 is 0. The lowest BCUT2D eigenvalue weighted by Crippen LogP contribution is -2.51. The third-order valence-corrected chi connectivity index (χ3v) is 5.12. The normalized spacial score (nSPS) is 14.2. The summed E-state index contributed by atoms with van der Waals surface area (Å²) in [6, 6.07) is 8.15. The number of alkyl halides is 3. The van der Waals surface area contributed by atoms with Crippen LogP contribution in [0.4, 0.5) is 17.6 Å². The molecule has 30 heavy (non-hydrogen) atoms. The monoisotopic (exact) mass is 430 g/mol. The van der Waals surface area contributed by atoms with Crippen molar-refractivity contribution < 1.29 is 36.9 Å². The first-order valence-corrected chi connectivity index (χ1v) is 9.21. The number of hydrogen-bond acceptors (Lipinski definition) is 4. The van der Waals surface area contributed by atoms with Crippen molar-refractivity contribution in [2.75, 3.05) is 21.3 Å². The third kappa shape index (κ3) is 4.80. The lowest BCUT2D eigenvalue weighted by Gasteiger charge is -2.38. The first kappa shape index (κ1) is 23.8. The Morgan fingerprint density at radius 1 is 0.900 bits per heavy atom. The second-order valence-corrected chi connectivity index (χ2v) is 7.76. The van der Waals surface area contributed by atoms with Gasteiger partial charge in [-0.2, -0.15) is 13.2 Å². The van der Waals surface area contributed by atoms with Crippen molar-refractivity contribution in [3.05, 3.63) is 53.3 Å². The van der Waals surface area contributed by atoms with Crippen LogP contribution in [0.15, 0.2) is 36.4 Å². The minimum absolute atomic E-state index is 0.115. The van der Waals surface area contributed by atoms with Crippen LogP contribution < -0.4 is 14.2 Å². The quantitative estimate of drug-likeness (QED) is 0.595. The fourth-order valence-corrected chi connectivity index (χ4v) is 3.71. The van der Waals surface area contributed by atoms with Crippen molar-refractivity contribution in [3.63, 3.8) is 0 Å². The highest BCUT2D eigenvalue weighted by Crippen LogP contribution is 2.46. The summed E-state index contributed by atoms with van der Waals surface area (Å²) in [4.78, 5) is 0. The molecule has 0 saturated heterocycles. The Morgan fingerprint density at radius 3 is 2.07 bits per heavy atom. The number of methoxy groups -OCH3 is 3. The highest BCUT2D eigenvalue weighted by atomic mass is 19.4. The molecule has 0 aliphatic rings. The van der Waals surface area contributed by atoms with Crippen LogP contribution in [0.2, 0.25) is 0 Å². The summed E-state index contributed by atoms with van der Waals surface area (Å²) < 4.78 is 71.7. The second-order valence-electron chi connectivity index (χ2n) is 7.76. The predicted octanol–water partition coefficient (Wildman–Crippen LogP) is 5.06. The number of aliphatic hydroxyl groups is 1. The van der Waals surface area contributed by atoms with E-state index in [9.17, 15) is 22.7 Å². The maximum Gasteiger partial charge on any atom is 0.417 e. The zero-order valence-corrected chi connectivity index (χ0v) is 17.6. The molecule has 0 saturated carbocycles. The number of hydrogen-bond donors (Lipinski definition) is 1. The van der Waals surface area contributed by atoms with Gasteiger partial charge in [0.2, 0.25) is 0 Å². The molecule has 8 heteroatoms. The van der Waals surface area contributed by atoms with E-state index in [4.69, 9.17) is 14.2 Å². The summed E-state index contributed by atoms with van der Waals surface area (Å²) in [5.74, 6) is 0.00294. The van der Waals surface area contributed by atoms with E-state index in [2.05, 4.69) is 0 Å². The Labute approximate surface area is 173 Å². The Morgan fingerprint density at radius 2 is 1.53 bits per heavy atom. The second kappa shape index (κ2) is 8.71. The van der Waals surface area contributed by atoms with Gasteiger partial charge in [0.1, 0.15) is 11.6 Å². The van der Waals surface area contributed by atoms with Gasteiger partial charge in [0.05, 0.1) is 21.3 Å². The average Bonchev–Trinajstić information content (AvgIpc) is 2.66. The molecule has 4 nitrogen and oxygen atoms in total. The molecule has 0 spiro atoms. The zero-order chi connectivity index (χ0) is 22.7. The topological polar surface area (TPSA) is 47.9 Å². The van der Waals surface area contributed by atoms with Crippen LogP contribution in [-0.4, -0.2) is 38.2 Å². The van der Waals surface area contributed by atoms with Crippen LogP contribution >= 0.6 is 0 Å². The van der Waals surface area contributed by atoms with Crippen LogP contribution in [0, 0.1) is 5.82 Å². The van der Waals surface area contributed by atoms with Crippen molar-refractivity contribution in [2.45, 2.75) is 43.9 Å². The summed E-state index contributed by atoms with van der Waals surface area (Å²) in [7, 11) is 4.04. The van der Waals surface area contributed by atoms with Gasteiger partial charge < -0.3 is 19.3 Å². The smallest absolute Gasteiger partial charge is 0.417 e. The van der Waals surface area contributed by atoms with Crippen LogP contribution in [0.3, 0.4) is 0 Å². The lowest BCUT2D eigenvalue weighted by molar-refractivity contribution is -0.266. The van der Waals surface area contributed by atoms with Crippen molar-refractivity contribution >= 4 is 0 Å². The molecule has 0 amide bonds. The Hall–Kier alpha value is -2.48. The molecule has 2 aromatic carbocycles. The average molecular weight is 430 g/mol. The molecule has 0 aromatic heterocycles. The Bertz CT molecular complexity index is 880. The van der Waals surface area contributed by atoms with E-state index >= 15 is 0 Å². The molecule has 0 aliphatic carbocycles. The van der Waals surface area contributed by atoms with E-state index in [1.807, 2.05) is 0 Å². The molecule has 166 valence electrons. The largest absolute Gasteiger partial charge is 0.496 e. The van der Waals surface area contributed by atoms with Crippen molar-refractivity contribution in [1.82, 2.24) is 0 Å². The summed E-state index contributed by atoms with van der Waals surface area (Å²) in [6.07, 6.45) is -6.46. The van der Waals surface area contributed by atoms with E-state index in [1.54, 1.807) is 6.07 Å². The van der Waals surface area contributed by atoms with E-state index in [1.165, 1.54) is 53.4 Å². The number of rotatable bonds is 8. The molecule has 2 rings (SSSR count). The molecule has 0 fully saturated rings. The minimum atomic E-state index is -4.96. The van der Waals surface area contributed by atoms with Gasteiger partial charge in [-0.1, -0.05) is 26.0 Å². The van der Waals surface area contributed by atoms with Gasteiger partial charge in [-0.15, -0.1) is 0 Å². The fourth-order valence-electron chi connectivity index (χ4n) is 3.71. The molecule has 0 radical (unpaired) electrons. The number of ether oxygens (including phenoxy) is 3. The Balaban J connectivity index is 2.52. The van der Waals surface area contributed by atoms with Gasteiger partial charge in [0, 0.05) is 17.5 Å².